The number of esters is 4. The summed E-state index contributed by atoms with van der Waals surface area (Å²) in [7, 11) is 0. The number of amides is 2. The second-order valence-corrected chi connectivity index (χ2v) is 28.6. The summed E-state index contributed by atoms with van der Waals surface area (Å²) in [5.41, 5.74) is -0.363. The van der Waals surface area contributed by atoms with Crippen molar-refractivity contribution in [2.24, 2.45) is 28.1 Å². The largest absolute Gasteiger partial charge is 0.489 e. The molecule has 546 valence electrons. The van der Waals surface area contributed by atoms with Crippen molar-refractivity contribution in [2.75, 3.05) is 59.4 Å². The van der Waals surface area contributed by atoms with E-state index in [2.05, 4.69) is 0 Å². The molecule has 2 amide bonds. The van der Waals surface area contributed by atoms with E-state index in [1.165, 1.54) is 19.1 Å². The van der Waals surface area contributed by atoms with Gasteiger partial charge in [-0.1, -0.05) is 127 Å². The van der Waals surface area contributed by atoms with E-state index in [0.717, 1.165) is 27.2 Å². The van der Waals surface area contributed by atoms with Crippen molar-refractivity contribution in [3.63, 3.8) is 0 Å². The van der Waals surface area contributed by atoms with Crippen LogP contribution in [0.5, 0.6) is 34.5 Å². The Labute approximate surface area is 604 Å². The van der Waals surface area contributed by atoms with Crippen LogP contribution in [0.15, 0.2) is 188 Å². The van der Waals surface area contributed by atoms with Gasteiger partial charge < -0.3 is 71.1 Å². The maximum atomic E-state index is 14.7. The molecule has 5 aliphatic heterocycles. The highest BCUT2D eigenvalue weighted by molar-refractivity contribution is 6.07. The van der Waals surface area contributed by atoms with E-state index in [1.54, 1.807) is 59.8 Å². The zero-order valence-electron chi connectivity index (χ0n) is 59.5. The van der Waals surface area contributed by atoms with Gasteiger partial charge in [0.1, 0.15) is 116 Å². The fourth-order valence-electron chi connectivity index (χ4n) is 12.4. The summed E-state index contributed by atoms with van der Waals surface area (Å²) in [4.78, 5) is 86.1. The molecule has 5 heterocycles. The van der Waals surface area contributed by atoms with Crippen molar-refractivity contribution >= 4 is 35.7 Å². The number of carbonyl (C=O) groups excluding carboxylic acids is 6. The van der Waals surface area contributed by atoms with Gasteiger partial charge in [-0.2, -0.15) is 0 Å². The third kappa shape index (κ3) is 18.3. The average molecular weight is 1420 g/mol. The van der Waals surface area contributed by atoms with Crippen LogP contribution in [0.2, 0.25) is 0 Å². The number of fused-ring (bicyclic) bond motifs is 5. The van der Waals surface area contributed by atoms with Gasteiger partial charge in [0.15, 0.2) is 11.6 Å². The highest BCUT2D eigenvalue weighted by atomic mass is 16.7. The van der Waals surface area contributed by atoms with Gasteiger partial charge >= 0.3 is 23.9 Å². The van der Waals surface area contributed by atoms with Crippen molar-refractivity contribution in [3.05, 3.63) is 227 Å². The van der Waals surface area contributed by atoms with Crippen molar-refractivity contribution in [2.45, 2.75) is 118 Å². The van der Waals surface area contributed by atoms with Gasteiger partial charge in [-0.3, -0.25) is 28.9 Å². The topological polar surface area (TPSA) is 244 Å². The lowest BCUT2D eigenvalue weighted by Crippen LogP contribution is -2.51. The number of ether oxygens (including phenoxy) is 15. The monoisotopic (exact) mass is 1420 g/mol. The predicted molar refractivity (Wildman–Crippen MR) is 376 cm³/mol. The Morgan fingerprint density at radius 3 is 1.21 bits per heavy atom. The summed E-state index contributed by atoms with van der Waals surface area (Å²) >= 11 is 0. The number of likely N-dealkylation sites (tertiary alicyclic amines) is 1. The molecule has 0 spiro atoms. The molecule has 22 nitrogen and oxygen atoms in total. The van der Waals surface area contributed by atoms with Gasteiger partial charge in [0, 0.05) is 24.7 Å². The number of hydrogen-bond donors (Lipinski definition) is 0. The second kappa shape index (κ2) is 31.9. The zero-order valence-corrected chi connectivity index (χ0v) is 59.5. The van der Waals surface area contributed by atoms with Crippen LogP contribution in [-0.4, -0.2) is 123 Å². The number of benzene rings is 7. The van der Waals surface area contributed by atoms with Crippen LogP contribution in [0, 0.1) is 28.1 Å². The number of nitrogens with zero attached hydrogens (tertiary/aromatic N) is 1. The molecule has 0 aromatic heterocycles. The van der Waals surface area contributed by atoms with Gasteiger partial charge in [-0.05, 0) is 131 Å². The zero-order chi connectivity index (χ0) is 73.1. The Morgan fingerprint density at radius 2 is 0.827 bits per heavy atom. The van der Waals surface area contributed by atoms with E-state index >= 15 is 0 Å². The minimum Gasteiger partial charge on any atom is -0.489 e. The molecule has 4 atom stereocenters. The normalized spacial score (nSPS) is 20.2. The lowest BCUT2D eigenvalue weighted by atomic mass is 9.77. The van der Waals surface area contributed by atoms with E-state index in [9.17, 15) is 28.8 Å². The third-order valence-electron chi connectivity index (χ3n) is 18.7. The van der Waals surface area contributed by atoms with Crippen LogP contribution in [0.25, 0.3) is 0 Å². The highest BCUT2D eigenvalue weighted by Crippen LogP contribution is 2.52. The van der Waals surface area contributed by atoms with Gasteiger partial charge in [0.2, 0.25) is 11.8 Å². The molecule has 0 aliphatic carbocycles. The Balaban J connectivity index is 0.736. The maximum absolute atomic E-state index is 14.7. The van der Waals surface area contributed by atoms with Gasteiger partial charge in [-0.15, -0.1) is 0 Å². The van der Waals surface area contributed by atoms with Crippen LogP contribution in [-0.2, 0) is 106 Å². The molecule has 0 unspecified atom stereocenters. The van der Waals surface area contributed by atoms with Crippen molar-refractivity contribution in [3.8, 4) is 34.5 Å². The van der Waals surface area contributed by atoms with E-state index in [-0.39, 0.29) is 76.3 Å². The van der Waals surface area contributed by atoms with Crippen molar-refractivity contribution in [1.29, 1.82) is 0 Å². The van der Waals surface area contributed by atoms with E-state index in [0.29, 0.717) is 60.6 Å². The molecule has 0 N–H and O–H groups in total. The Kier molecular flexibility index (Phi) is 22.6. The molecular formula is C82H87NO21. The summed E-state index contributed by atoms with van der Waals surface area (Å²) in [5, 5.41) is 0. The Hall–Kier alpha value is -10.1. The summed E-state index contributed by atoms with van der Waals surface area (Å²) < 4.78 is 91.1. The van der Waals surface area contributed by atoms with E-state index in [1.807, 2.05) is 158 Å². The van der Waals surface area contributed by atoms with Crippen LogP contribution < -0.4 is 28.4 Å². The van der Waals surface area contributed by atoms with E-state index < -0.39 is 107 Å². The van der Waals surface area contributed by atoms with Crippen LogP contribution >= 0.6 is 0 Å². The lowest BCUT2D eigenvalue weighted by Gasteiger charge is -2.40. The molecule has 0 radical (unpaired) electrons. The number of carbonyl (C=O) groups is 6. The maximum Gasteiger partial charge on any atom is 0.338 e. The molecule has 22 heteroatoms. The molecule has 4 saturated heterocycles. The number of hydrogen-bond acceptors (Lipinski definition) is 21. The smallest absolute Gasteiger partial charge is 0.338 e. The molecule has 0 saturated carbocycles. The van der Waals surface area contributed by atoms with Crippen LogP contribution in [0.1, 0.15) is 98.6 Å². The molecule has 104 heavy (non-hydrogen) atoms. The third-order valence-corrected chi connectivity index (χ3v) is 18.7. The summed E-state index contributed by atoms with van der Waals surface area (Å²) in [6.45, 7) is 10.7. The first-order chi connectivity index (χ1) is 49.9. The van der Waals surface area contributed by atoms with Gasteiger partial charge in [0.25, 0.3) is 0 Å². The fraction of sp³-hybridized carbons (Fsp3) is 0.390. The summed E-state index contributed by atoms with van der Waals surface area (Å²) in [6.07, 6.45) is 2.55. The predicted octanol–water partition coefficient (Wildman–Crippen LogP) is 12.2. The Morgan fingerprint density at radius 1 is 0.462 bits per heavy atom. The van der Waals surface area contributed by atoms with Gasteiger partial charge in [0.05, 0.1) is 56.5 Å². The SMILES string of the molecule is CC1(C)OCC(C)(C(=O)OCC(C)(COC(=O)C2(C)COC(C)(C)OC2)C(=O)OCCCN2C(=O)[C@H]3[C@@H]4C=C[C@@](COC(=O)c5cc(OCc6cc(OCc7ccccc7)cc(OCc7ccccc7)c6)cc(OCc6cc(OCc7ccccc7)cc(OCc7ccccc7)c6)c5)(O4)[C@H]3C2=O)CO1. The van der Waals surface area contributed by atoms with Crippen LogP contribution in [0.4, 0.5) is 0 Å². The van der Waals surface area contributed by atoms with Crippen molar-refractivity contribution in [1.82, 2.24) is 4.90 Å². The number of imide groups is 1. The average Bonchev–Trinajstić information content (AvgIpc) is 1.54. The van der Waals surface area contributed by atoms with Crippen LogP contribution in [0.3, 0.4) is 0 Å². The first-order valence-corrected chi connectivity index (χ1v) is 34.8. The molecule has 12 rings (SSSR count). The molecule has 7 aromatic rings. The minimum absolute atomic E-state index is 0.000476. The highest BCUT2D eigenvalue weighted by Gasteiger charge is 2.68. The molecule has 7 aromatic carbocycles. The summed E-state index contributed by atoms with van der Waals surface area (Å²) in [5.74, 6) is -5.35. The lowest BCUT2D eigenvalue weighted by molar-refractivity contribution is -0.282. The Bertz CT molecular complexity index is 3870. The standard InChI is InChI=1S/C82H87NO21/c1-77(2)100-50-80(6,51-101-77)75(88)98-48-79(5,49-99-76(89)81(7)52-102-78(3,4)103-53-81)74(87)90-32-20-31-83-71(84)69-68-29-30-82(104-68,70(69)72(83)85)54-97-73(86)61-37-66(95-46-59-33-62(91-42-55-21-12-8-13-22-55)39-63(34-59)92-43-56-23-14-9-15-24-56)41-67(38-61)96-47-60-35-64(93-44-57-25-16-10-17-26-57)40-65(36-60)94-45-58-27-18-11-19-28-58/h8-19,21-30,33-41,68-70H,20,31-32,42-54H2,1-7H3/t68-,69-,70+,82-/m0/s1. The van der Waals surface area contributed by atoms with Crippen molar-refractivity contribution < 1.29 is 99.8 Å². The molecule has 4 fully saturated rings. The minimum atomic E-state index is -1.74. The second-order valence-electron chi connectivity index (χ2n) is 28.6. The first kappa shape index (κ1) is 73.6. The molecule has 5 aliphatic rings. The first-order valence-electron chi connectivity index (χ1n) is 34.8. The number of rotatable bonds is 32. The fourth-order valence-corrected chi connectivity index (χ4v) is 12.4. The molecule has 2 bridgehead atoms. The quantitative estimate of drug-likeness (QED) is 0.0125. The van der Waals surface area contributed by atoms with Gasteiger partial charge in [-0.25, -0.2) is 4.79 Å². The summed E-state index contributed by atoms with van der Waals surface area (Å²) in [6, 6.07) is 55.0. The molecular weight excluding hydrogens is 1330 g/mol. The van der Waals surface area contributed by atoms with E-state index in [4.69, 9.17) is 71.1 Å².